The van der Waals surface area contributed by atoms with Crippen LogP contribution in [0, 0.1) is 10.1 Å². The predicted molar refractivity (Wildman–Crippen MR) is 83.7 cm³/mol. The van der Waals surface area contributed by atoms with E-state index in [0.29, 0.717) is 17.9 Å². The van der Waals surface area contributed by atoms with Crippen molar-refractivity contribution in [2.45, 2.75) is 13.0 Å². The number of carbonyl (C=O) groups excluding carboxylic acids is 2. The molecule has 8 heteroatoms. The maximum Gasteiger partial charge on any atom is 0.282 e. The fourth-order valence-electron chi connectivity index (χ4n) is 2.18. The zero-order chi connectivity index (χ0) is 16.3. The predicted octanol–water partition coefficient (Wildman–Crippen LogP) is 2.28. The van der Waals surface area contributed by atoms with Crippen molar-refractivity contribution in [3.63, 3.8) is 0 Å². The van der Waals surface area contributed by atoms with Crippen LogP contribution in [-0.4, -0.2) is 51.8 Å². The van der Waals surface area contributed by atoms with Gasteiger partial charge in [0.1, 0.15) is 6.54 Å². The topological polar surface area (TPSA) is 83.8 Å². The van der Waals surface area contributed by atoms with Crippen LogP contribution < -0.4 is 0 Å². The Kier molecular flexibility index (Phi) is 5.02. The van der Waals surface area contributed by atoms with Crippen LogP contribution in [0.15, 0.2) is 24.3 Å². The molecule has 1 aliphatic heterocycles. The molecule has 22 heavy (non-hydrogen) atoms. The van der Waals surface area contributed by atoms with Gasteiger partial charge in [-0.15, -0.1) is 0 Å². The molecule has 0 saturated carbocycles. The molecule has 1 heterocycles. The third-order valence-electron chi connectivity index (χ3n) is 3.71. The molecule has 0 aliphatic carbocycles. The number of non-ortho nitro benzene ring substituents is 1. The normalized spacial score (nSPS) is 15.7. The van der Waals surface area contributed by atoms with E-state index >= 15 is 0 Å². The highest BCUT2D eigenvalue weighted by molar-refractivity contribution is 8.13. The number of likely N-dealkylation sites (N-methyl/N-ethyl adjacent to an activating group) is 1. The summed E-state index contributed by atoms with van der Waals surface area (Å²) in [5, 5.41) is 10.7. The van der Waals surface area contributed by atoms with Gasteiger partial charge in [-0.25, -0.2) is 0 Å². The van der Waals surface area contributed by atoms with Crippen molar-refractivity contribution >= 4 is 28.6 Å². The van der Waals surface area contributed by atoms with Crippen LogP contribution in [0.4, 0.5) is 10.5 Å². The van der Waals surface area contributed by atoms with Gasteiger partial charge in [0.05, 0.1) is 11.0 Å². The van der Waals surface area contributed by atoms with Crippen molar-refractivity contribution in [2.24, 2.45) is 0 Å². The van der Waals surface area contributed by atoms with Crippen molar-refractivity contribution in [2.75, 3.05) is 25.9 Å². The number of nitro groups is 1. The molecular weight excluding hydrogens is 306 g/mol. The summed E-state index contributed by atoms with van der Waals surface area (Å²) in [6, 6.07) is 5.92. The smallest absolute Gasteiger partial charge is 0.282 e. The van der Waals surface area contributed by atoms with E-state index in [0.717, 1.165) is 0 Å². The summed E-state index contributed by atoms with van der Waals surface area (Å²) >= 11 is 1.21. The minimum Gasteiger partial charge on any atom is -0.337 e. The quantitative estimate of drug-likeness (QED) is 0.613. The van der Waals surface area contributed by atoms with Crippen molar-refractivity contribution in [3.05, 3.63) is 39.9 Å². The highest BCUT2D eigenvalue weighted by Gasteiger charge is 2.26. The average Bonchev–Trinajstić information content (AvgIpc) is 2.91. The summed E-state index contributed by atoms with van der Waals surface area (Å²) in [5.74, 6) is 0.519. The third-order valence-corrected chi connectivity index (χ3v) is 4.60. The number of nitro benzene ring substituents is 1. The average molecular weight is 323 g/mol. The molecule has 2 amide bonds. The Morgan fingerprint density at radius 1 is 1.55 bits per heavy atom. The van der Waals surface area contributed by atoms with Crippen LogP contribution >= 0.6 is 11.8 Å². The van der Waals surface area contributed by atoms with Crippen molar-refractivity contribution in [3.8, 4) is 0 Å². The Bertz CT molecular complexity index is 608. The molecule has 0 aromatic heterocycles. The number of benzene rings is 1. The molecule has 0 radical (unpaired) electrons. The molecule has 118 valence electrons. The lowest BCUT2D eigenvalue weighted by Crippen LogP contribution is -2.39. The first kappa shape index (κ1) is 16.3. The Hall–Kier alpha value is -2.09. The highest BCUT2D eigenvalue weighted by Crippen LogP contribution is 2.24. The van der Waals surface area contributed by atoms with Gasteiger partial charge in [0, 0.05) is 31.5 Å². The van der Waals surface area contributed by atoms with Gasteiger partial charge < -0.3 is 9.80 Å². The van der Waals surface area contributed by atoms with Gasteiger partial charge in [0.2, 0.25) is 5.91 Å². The number of thioether (sulfide) groups is 1. The van der Waals surface area contributed by atoms with E-state index in [1.165, 1.54) is 33.7 Å². The number of rotatable bonds is 5. The van der Waals surface area contributed by atoms with E-state index in [9.17, 15) is 19.7 Å². The fourth-order valence-corrected chi connectivity index (χ4v) is 3.01. The Labute approximate surface area is 132 Å². The second kappa shape index (κ2) is 6.78. The first-order valence-electron chi connectivity index (χ1n) is 6.82. The van der Waals surface area contributed by atoms with E-state index in [1.807, 2.05) is 0 Å². The summed E-state index contributed by atoms with van der Waals surface area (Å²) in [4.78, 5) is 37.2. The third kappa shape index (κ3) is 3.56. The summed E-state index contributed by atoms with van der Waals surface area (Å²) in [6.07, 6.45) is 0. The molecule has 1 saturated heterocycles. The van der Waals surface area contributed by atoms with Gasteiger partial charge in [0.25, 0.3) is 10.9 Å². The van der Waals surface area contributed by atoms with Gasteiger partial charge in [-0.3, -0.25) is 19.7 Å². The molecule has 1 aromatic rings. The minimum absolute atomic E-state index is 0.00341. The largest absolute Gasteiger partial charge is 0.337 e. The van der Waals surface area contributed by atoms with Crippen molar-refractivity contribution in [1.82, 2.24) is 9.80 Å². The molecule has 1 aliphatic rings. The van der Waals surface area contributed by atoms with Gasteiger partial charge in [-0.05, 0) is 12.5 Å². The molecular formula is C14H17N3O4S. The van der Waals surface area contributed by atoms with Crippen LogP contribution in [-0.2, 0) is 4.79 Å². The Morgan fingerprint density at radius 3 is 2.86 bits per heavy atom. The first-order valence-corrected chi connectivity index (χ1v) is 7.80. The molecule has 0 spiro atoms. The monoisotopic (exact) mass is 323 g/mol. The number of carbonyl (C=O) groups is 2. The van der Waals surface area contributed by atoms with E-state index in [1.54, 1.807) is 26.1 Å². The lowest BCUT2D eigenvalue weighted by atomic mass is 10.1. The maximum atomic E-state index is 12.3. The Morgan fingerprint density at radius 2 is 2.27 bits per heavy atom. The van der Waals surface area contributed by atoms with E-state index < -0.39 is 4.92 Å². The highest BCUT2D eigenvalue weighted by atomic mass is 32.2. The molecule has 1 unspecified atom stereocenters. The van der Waals surface area contributed by atoms with Crippen LogP contribution in [0.1, 0.15) is 18.5 Å². The molecule has 1 atom stereocenters. The van der Waals surface area contributed by atoms with Crippen molar-refractivity contribution in [1.29, 1.82) is 0 Å². The lowest BCUT2D eigenvalue weighted by molar-refractivity contribution is -0.384. The minimum atomic E-state index is -0.460. The molecule has 0 N–H and O–H groups in total. The van der Waals surface area contributed by atoms with E-state index in [4.69, 9.17) is 0 Å². The number of hydrogen-bond donors (Lipinski definition) is 0. The molecule has 1 aromatic carbocycles. The summed E-state index contributed by atoms with van der Waals surface area (Å²) in [5.41, 5.74) is 0.684. The maximum absolute atomic E-state index is 12.3. The van der Waals surface area contributed by atoms with Crippen LogP contribution in [0.5, 0.6) is 0 Å². The molecule has 1 fully saturated rings. The van der Waals surface area contributed by atoms with Gasteiger partial charge >= 0.3 is 0 Å². The zero-order valence-electron chi connectivity index (χ0n) is 12.4. The summed E-state index contributed by atoms with van der Waals surface area (Å²) in [7, 11) is 1.64. The van der Waals surface area contributed by atoms with Gasteiger partial charge in [-0.2, -0.15) is 0 Å². The van der Waals surface area contributed by atoms with Crippen LogP contribution in [0.3, 0.4) is 0 Å². The fraction of sp³-hybridized carbons (Fsp3) is 0.429. The van der Waals surface area contributed by atoms with Gasteiger partial charge in [0.15, 0.2) is 0 Å². The number of hydrogen-bond acceptors (Lipinski definition) is 5. The Balaban J connectivity index is 2.06. The number of amides is 2. The number of nitrogens with zero attached hydrogens (tertiary/aromatic N) is 3. The molecule has 7 nitrogen and oxygen atoms in total. The molecule has 0 bridgehead atoms. The first-order chi connectivity index (χ1) is 10.4. The second-order valence-electron chi connectivity index (χ2n) is 5.07. The van der Waals surface area contributed by atoms with E-state index in [-0.39, 0.29) is 29.4 Å². The van der Waals surface area contributed by atoms with Crippen LogP contribution in [0.25, 0.3) is 0 Å². The summed E-state index contributed by atoms with van der Waals surface area (Å²) < 4.78 is 0. The lowest BCUT2D eigenvalue weighted by Gasteiger charge is -2.27. The second-order valence-corrected chi connectivity index (χ2v) is 6.11. The SMILES string of the molecule is CC(c1cccc([N+](=O)[O-])c1)N(C)C(=O)CN1CCSC1=O. The van der Waals surface area contributed by atoms with Crippen LogP contribution in [0.2, 0.25) is 0 Å². The molecule has 2 rings (SSSR count). The summed E-state index contributed by atoms with van der Waals surface area (Å²) in [6.45, 7) is 2.42. The standard InChI is InChI=1S/C14H17N3O4S/c1-10(11-4-3-5-12(8-11)17(20)21)15(2)13(18)9-16-6-7-22-14(16)19/h3-5,8,10H,6-7,9H2,1-2H3. The van der Waals surface area contributed by atoms with Gasteiger partial charge in [-0.1, -0.05) is 23.9 Å². The van der Waals surface area contributed by atoms with Crippen molar-refractivity contribution < 1.29 is 14.5 Å². The van der Waals surface area contributed by atoms with E-state index in [2.05, 4.69) is 0 Å². The zero-order valence-corrected chi connectivity index (χ0v) is 13.2.